The predicted octanol–water partition coefficient (Wildman–Crippen LogP) is 4.75. The van der Waals surface area contributed by atoms with Gasteiger partial charge in [0.05, 0.1) is 6.61 Å². The molecule has 1 saturated heterocycles. The number of hydrogen-bond donors (Lipinski definition) is 1. The first-order valence-corrected chi connectivity index (χ1v) is 10.1. The number of ether oxygens (including phenoxy) is 1. The number of rotatable bonds is 5. The van der Waals surface area contributed by atoms with E-state index in [4.69, 9.17) is 4.74 Å². The first-order valence-electron chi connectivity index (χ1n) is 10.1. The number of halogens is 3. The lowest BCUT2D eigenvalue weighted by Crippen LogP contribution is -2.39. The molecule has 4 rings (SSSR count). The number of aromatic amines is 1. The molecule has 1 aliphatic rings. The van der Waals surface area contributed by atoms with Crippen LogP contribution in [0.25, 0.3) is 11.1 Å². The van der Waals surface area contributed by atoms with Gasteiger partial charge >= 0.3 is 6.18 Å². The Balaban J connectivity index is 1.48. The molecule has 1 unspecified atom stereocenters. The molecule has 3 heterocycles. The van der Waals surface area contributed by atoms with Crippen molar-refractivity contribution in [3.63, 3.8) is 0 Å². The molecule has 1 atom stereocenters. The zero-order chi connectivity index (χ0) is 21.8. The van der Waals surface area contributed by atoms with Gasteiger partial charge in [0, 0.05) is 31.3 Å². The van der Waals surface area contributed by atoms with E-state index < -0.39 is 11.9 Å². The monoisotopic (exact) mass is 429 g/mol. The molecule has 5 nitrogen and oxygen atoms in total. The standard InChI is InChI=1S/C23H22F3N3O2/c24-23(25,26)22-19(9-4-10-27-22)31-15-16-6-5-11-29(14-16)20-12-18(13-21(30)28-20)17-7-2-1-3-8-17/h1-4,7-10,12-13,16H,5-6,11,14-15H2,(H,28,30). The number of nitrogens with zero attached hydrogens (tertiary/aromatic N) is 2. The number of anilines is 1. The van der Waals surface area contributed by atoms with Crippen LogP contribution in [-0.4, -0.2) is 29.7 Å². The maximum Gasteiger partial charge on any atom is 0.437 e. The van der Waals surface area contributed by atoms with Crippen molar-refractivity contribution in [3.8, 4) is 16.9 Å². The molecule has 0 spiro atoms. The van der Waals surface area contributed by atoms with Gasteiger partial charge in [0.1, 0.15) is 11.6 Å². The van der Waals surface area contributed by atoms with Gasteiger partial charge in [0.15, 0.2) is 5.69 Å². The molecule has 162 valence electrons. The highest BCUT2D eigenvalue weighted by Crippen LogP contribution is 2.34. The minimum absolute atomic E-state index is 0.0268. The number of H-pyrrole nitrogens is 1. The van der Waals surface area contributed by atoms with E-state index >= 15 is 0 Å². The second-order valence-corrected chi connectivity index (χ2v) is 7.60. The number of pyridine rings is 2. The van der Waals surface area contributed by atoms with Gasteiger partial charge in [-0.1, -0.05) is 30.3 Å². The van der Waals surface area contributed by atoms with Gasteiger partial charge < -0.3 is 14.6 Å². The Kier molecular flexibility index (Phi) is 5.97. The summed E-state index contributed by atoms with van der Waals surface area (Å²) in [5.41, 5.74) is 0.563. The van der Waals surface area contributed by atoms with Crippen molar-refractivity contribution in [1.29, 1.82) is 0 Å². The van der Waals surface area contributed by atoms with E-state index in [0.29, 0.717) is 12.4 Å². The molecule has 0 aliphatic carbocycles. The molecular weight excluding hydrogens is 407 g/mol. The highest BCUT2D eigenvalue weighted by Gasteiger charge is 2.36. The quantitative estimate of drug-likeness (QED) is 0.636. The lowest BCUT2D eigenvalue weighted by atomic mass is 9.98. The summed E-state index contributed by atoms with van der Waals surface area (Å²) in [5, 5.41) is 0. The molecule has 1 N–H and O–H groups in total. The Hall–Kier alpha value is -3.29. The topological polar surface area (TPSA) is 58.2 Å². The van der Waals surface area contributed by atoms with Crippen LogP contribution in [0.5, 0.6) is 5.75 Å². The number of hydrogen-bond acceptors (Lipinski definition) is 4. The third-order valence-electron chi connectivity index (χ3n) is 5.31. The smallest absolute Gasteiger partial charge is 0.437 e. The maximum atomic E-state index is 13.1. The average molecular weight is 429 g/mol. The summed E-state index contributed by atoms with van der Waals surface area (Å²) in [5.74, 6) is 0.471. The lowest BCUT2D eigenvalue weighted by molar-refractivity contribution is -0.142. The predicted molar refractivity (Wildman–Crippen MR) is 112 cm³/mol. The number of alkyl halides is 3. The van der Waals surface area contributed by atoms with Crippen molar-refractivity contribution in [1.82, 2.24) is 9.97 Å². The van der Waals surface area contributed by atoms with Gasteiger partial charge in [-0.05, 0) is 42.2 Å². The Morgan fingerprint density at radius 1 is 1.10 bits per heavy atom. The van der Waals surface area contributed by atoms with E-state index in [1.807, 2.05) is 36.4 Å². The summed E-state index contributed by atoms with van der Waals surface area (Å²) >= 11 is 0. The number of nitrogens with one attached hydrogen (secondary N) is 1. The van der Waals surface area contributed by atoms with Gasteiger partial charge in [0.25, 0.3) is 0 Å². The van der Waals surface area contributed by atoms with E-state index in [2.05, 4.69) is 14.9 Å². The maximum absolute atomic E-state index is 13.1. The molecule has 0 saturated carbocycles. The van der Waals surface area contributed by atoms with Crippen molar-refractivity contribution in [2.75, 3.05) is 24.6 Å². The fraction of sp³-hybridized carbons (Fsp3) is 0.304. The summed E-state index contributed by atoms with van der Waals surface area (Å²) in [6, 6.07) is 15.8. The Morgan fingerprint density at radius 2 is 1.90 bits per heavy atom. The van der Waals surface area contributed by atoms with Crippen LogP contribution in [0.15, 0.2) is 65.6 Å². The molecule has 1 aliphatic heterocycles. The van der Waals surface area contributed by atoms with Crippen LogP contribution in [0.4, 0.5) is 19.0 Å². The summed E-state index contributed by atoms with van der Waals surface area (Å²) < 4.78 is 44.9. The number of benzene rings is 1. The zero-order valence-electron chi connectivity index (χ0n) is 16.7. The average Bonchev–Trinajstić information content (AvgIpc) is 2.78. The second kappa shape index (κ2) is 8.83. The van der Waals surface area contributed by atoms with Gasteiger partial charge in [-0.2, -0.15) is 13.2 Å². The SMILES string of the molecule is O=c1cc(-c2ccccc2)cc(N2CCCC(COc3cccnc3C(F)(F)F)C2)[nH]1. The summed E-state index contributed by atoms with van der Waals surface area (Å²) in [6.45, 7) is 1.48. The van der Waals surface area contributed by atoms with Crippen molar-refractivity contribution in [2.24, 2.45) is 5.92 Å². The summed E-state index contributed by atoms with van der Waals surface area (Å²) in [4.78, 5) is 20.6. The normalized spacial score (nSPS) is 16.9. The molecule has 8 heteroatoms. The molecule has 31 heavy (non-hydrogen) atoms. The highest BCUT2D eigenvalue weighted by molar-refractivity contribution is 5.66. The van der Waals surface area contributed by atoms with Gasteiger partial charge in [-0.3, -0.25) is 4.79 Å². The fourth-order valence-corrected chi connectivity index (χ4v) is 3.84. The minimum Gasteiger partial charge on any atom is -0.491 e. The van der Waals surface area contributed by atoms with Gasteiger partial charge in [-0.25, -0.2) is 4.98 Å². The third-order valence-corrected chi connectivity index (χ3v) is 5.31. The second-order valence-electron chi connectivity index (χ2n) is 7.60. The van der Waals surface area contributed by atoms with Gasteiger partial charge in [0.2, 0.25) is 5.56 Å². The van der Waals surface area contributed by atoms with Crippen LogP contribution in [0, 0.1) is 5.92 Å². The van der Waals surface area contributed by atoms with Crippen molar-refractivity contribution in [3.05, 3.63) is 76.8 Å². The van der Waals surface area contributed by atoms with Crippen LogP contribution < -0.4 is 15.2 Å². The Bertz CT molecular complexity index is 1080. The van der Waals surface area contributed by atoms with Crippen LogP contribution in [-0.2, 0) is 6.18 Å². The molecule has 1 aromatic carbocycles. The Morgan fingerprint density at radius 3 is 2.68 bits per heavy atom. The van der Waals surface area contributed by atoms with Crippen LogP contribution >= 0.6 is 0 Å². The van der Waals surface area contributed by atoms with E-state index in [-0.39, 0.29) is 23.8 Å². The minimum atomic E-state index is -4.56. The van der Waals surface area contributed by atoms with Crippen molar-refractivity contribution < 1.29 is 17.9 Å². The summed E-state index contributed by atoms with van der Waals surface area (Å²) in [7, 11) is 0. The first-order chi connectivity index (χ1) is 14.9. The summed E-state index contributed by atoms with van der Waals surface area (Å²) in [6.07, 6.45) is -1.77. The van der Waals surface area contributed by atoms with E-state index in [0.717, 1.165) is 36.7 Å². The molecule has 3 aromatic rings. The zero-order valence-corrected chi connectivity index (χ0v) is 16.7. The number of aromatic nitrogens is 2. The van der Waals surface area contributed by atoms with E-state index in [1.54, 1.807) is 6.07 Å². The molecule has 2 aromatic heterocycles. The van der Waals surface area contributed by atoms with Crippen LogP contribution in [0.3, 0.4) is 0 Å². The highest BCUT2D eigenvalue weighted by atomic mass is 19.4. The van der Waals surface area contributed by atoms with Crippen molar-refractivity contribution in [2.45, 2.75) is 19.0 Å². The third kappa shape index (κ3) is 5.07. The van der Waals surface area contributed by atoms with Crippen LogP contribution in [0.2, 0.25) is 0 Å². The number of piperidine rings is 1. The van der Waals surface area contributed by atoms with Gasteiger partial charge in [-0.15, -0.1) is 0 Å². The first kappa shape index (κ1) is 21.0. The van der Waals surface area contributed by atoms with Crippen LogP contribution in [0.1, 0.15) is 18.5 Å². The fourth-order valence-electron chi connectivity index (χ4n) is 3.84. The molecular formula is C23H22F3N3O2. The molecule has 0 radical (unpaired) electrons. The largest absolute Gasteiger partial charge is 0.491 e. The lowest BCUT2D eigenvalue weighted by Gasteiger charge is -2.34. The van der Waals surface area contributed by atoms with E-state index in [1.165, 1.54) is 12.1 Å². The molecule has 1 fully saturated rings. The molecule has 0 amide bonds. The van der Waals surface area contributed by atoms with E-state index in [9.17, 15) is 18.0 Å². The Labute approximate surface area is 177 Å². The molecule has 0 bridgehead atoms. The van der Waals surface area contributed by atoms with Crippen molar-refractivity contribution >= 4 is 5.82 Å².